The summed E-state index contributed by atoms with van der Waals surface area (Å²) in [6.07, 6.45) is 4.35. The Balaban J connectivity index is 2.12. The van der Waals surface area contributed by atoms with Crippen LogP contribution in [0.4, 0.5) is 11.4 Å². The Morgan fingerprint density at radius 3 is 2.58 bits per heavy atom. The molecule has 0 aromatic heterocycles. The molecule has 1 N–H and O–H groups in total. The summed E-state index contributed by atoms with van der Waals surface area (Å²) in [7, 11) is 0. The summed E-state index contributed by atoms with van der Waals surface area (Å²) in [6.45, 7) is 4.54. The highest BCUT2D eigenvalue weighted by Gasteiger charge is 2.28. The molecule has 0 aliphatic heterocycles. The van der Waals surface area contributed by atoms with Gasteiger partial charge in [-0.3, -0.25) is 10.1 Å². The summed E-state index contributed by atoms with van der Waals surface area (Å²) in [5.41, 5.74) is 0.898. The predicted molar refractivity (Wildman–Crippen MR) is 77.8 cm³/mol. The van der Waals surface area contributed by atoms with Crippen molar-refractivity contribution in [1.29, 1.82) is 0 Å². The second kappa shape index (κ2) is 5.37. The van der Waals surface area contributed by atoms with Crippen LogP contribution in [0.5, 0.6) is 0 Å². The molecule has 1 aliphatic rings. The Hall–Kier alpha value is -1.29. The first-order valence-corrected chi connectivity index (χ1v) is 6.96. The van der Waals surface area contributed by atoms with E-state index in [0.29, 0.717) is 17.1 Å². The molecule has 19 heavy (non-hydrogen) atoms. The number of nitrogens with zero attached hydrogens (tertiary/aromatic N) is 1. The fraction of sp³-hybridized carbons (Fsp3) is 0.571. The van der Waals surface area contributed by atoms with Crippen LogP contribution in [0.3, 0.4) is 0 Å². The van der Waals surface area contributed by atoms with Crippen LogP contribution in [0.2, 0.25) is 5.02 Å². The first-order chi connectivity index (χ1) is 8.89. The average Bonchev–Trinajstić information content (AvgIpc) is 2.31. The van der Waals surface area contributed by atoms with Crippen LogP contribution in [0, 0.1) is 15.5 Å². The lowest BCUT2D eigenvalue weighted by atomic mass is 9.75. The zero-order valence-corrected chi connectivity index (χ0v) is 12.0. The maximum Gasteiger partial charge on any atom is 0.310 e. The third-order valence-corrected chi connectivity index (χ3v) is 4.17. The number of para-hydroxylation sites is 1. The number of benzene rings is 1. The quantitative estimate of drug-likeness (QED) is 0.649. The highest BCUT2D eigenvalue weighted by Crippen LogP contribution is 2.38. The number of nitro groups is 1. The summed E-state index contributed by atoms with van der Waals surface area (Å²) in [5.74, 6) is 0. The molecule has 0 bridgehead atoms. The van der Waals surface area contributed by atoms with Gasteiger partial charge in [0.2, 0.25) is 0 Å². The number of anilines is 1. The molecule has 1 fully saturated rings. The molecular weight excluding hydrogens is 264 g/mol. The monoisotopic (exact) mass is 282 g/mol. The number of nitrogens with one attached hydrogen (secondary N) is 1. The van der Waals surface area contributed by atoms with E-state index in [4.69, 9.17) is 11.6 Å². The van der Waals surface area contributed by atoms with E-state index in [0.717, 1.165) is 25.7 Å². The highest BCUT2D eigenvalue weighted by atomic mass is 35.5. The number of halogens is 1. The van der Waals surface area contributed by atoms with Gasteiger partial charge in [0, 0.05) is 6.04 Å². The zero-order valence-electron chi connectivity index (χ0n) is 11.3. The third-order valence-electron chi connectivity index (χ3n) is 3.87. The molecule has 0 heterocycles. The van der Waals surface area contributed by atoms with Gasteiger partial charge in [-0.25, -0.2) is 0 Å². The lowest BCUT2D eigenvalue weighted by molar-refractivity contribution is -0.383. The molecule has 1 aliphatic carbocycles. The van der Waals surface area contributed by atoms with Crippen LogP contribution >= 0.6 is 11.6 Å². The van der Waals surface area contributed by atoms with Crippen molar-refractivity contribution in [2.45, 2.75) is 45.6 Å². The summed E-state index contributed by atoms with van der Waals surface area (Å²) < 4.78 is 0. The van der Waals surface area contributed by atoms with Gasteiger partial charge in [0.05, 0.1) is 4.92 Å². The molecule has 0 spiro atoms. The van der Waals surface area contributed by atoms with Gasteiger partial charge >= 0.3 is 5.69 Å². The predicted octanol–water partition coefficient (Wildman–Crippen LogP) is 4.63. The smallest absolute Gasteiger partial charge is 0.310 e. The SMILES string of the molecule is CC1(C)CCC(Nc2cccc(Cl)c2[N+](=O)[O-])CC1. The van der Waals surface area contributed by atoms with E-state index in [1.165, 1.54) is 0 Å². The molecular formula is C14H19ClN2O2. The molecule has 5 heteroatoms. The molecule has 0 saturated heterocycles. The van der Waals surface area contributed by atoms with Crippen molar-refractivity contribution in [3.63, 3.8) is 0 Å². The van der Waals surface area contributed by atoms with Crippen LogP contribution in [-0.2, 0) is 0 Å². The van der Waals surface area contributed by atoms with Crippen molar-refractivity contribution in [3.8, 4) is 0 Å². The van der Waals surface area contributed by atoms with E-state index >= 15 is 0 Å². The molecule has 0 radical (unpaired) electrons. The molecule has 0 unspecified atom stereocenters. The highest BCUT2D eigenvalue weighted by molar-refractivity contribution is 6.33. The second-order valence-electron chi connectivity index (χ2n) is 5.98. The fourth-order valence-corrected chi connectivity index (χ4v) is 2.82. The van der Waals surface area contributed by atoms with Crippen LogP contribution in [0.1, 0.15) is 39.5 Å². The largest absolute Gasteiger partial charge is 0.377 e. The Bertz CT molecular complexity index is 478. The lowest BCUT2D eigenvalue weighted by Crippen LogP contribution is -2.30. The summed E-state index contributed by atoms with van der Waals surface area (Å²) >= 11 is 5.91. The minimum atomic E-state index is -0.419. The molecule has 1 aromatic carbocycles. The van der Waals surface area contributed by atoms with Crippen LogP contribution < -0.4 is 5.32 Å². The van der Waals surface area contributed by atoms with Crippen LogP contribution in [0.15, 0.2) is 18.2 Å². The molecule has 1 saturated carbocycles. The van der Waals surface area contributed by atoms with Gasteiger partial charge in [-0.05, 0) is 43.2 Å². The normalized spacial score (nSPS) is 19.1. The number of rotatable bonds is 3. The molecule has 1 aromatic rings. The van der Waals surface area contributed by atoms with Crippen molar-refractivity contribution in [2.75, 3.05) is 5.32 Å². The number of hydrogen-bond donors (Lipinski definition) is 1. The van der Waals surface area contributed by atoms with Crippen molar-refractivity contribution < 1.29 is 4.92 Å². The van der Waals surface area contributed by atoms with Gasteiger partial charge in [-0.2, -0.15) is 0 Å². The molecule has 4 nitrogen and oxygen atoms in total. The second-order valence-corrected chi connectivity index (χ2v) is 6.38. The standard InChI is InChI=1S/C14H19ClN2O2/c1-14(2)8-6-10(7-9-14)16-12-5-3-4-11(15)13(12)17(18)19/h3-5,10,16H,6-9H2,1-2H3. The molecule has 0 atom stereocenters. The van der Waals surface area contributed by atoms with Crippen molar-refractivity contribution >= 4 is 23.0 Å². The maximum atomic E-state index is 11.1. The first-order valence-electron chi connectivity index (χ1n) is 6.58. The first kappa shape index (κ1) is 14.1. The van der Waals surface area contributed by atoms with Gasteiger partial charge in [0.25, 0.3) is 0 Å². The molecule has 0 amide bonds. The minimum absolute atomic E-state index is 0.0194. The topological polar surface area (TPSA) is 55.2 Å². The van der Waals surface area contributed by atoms with E-state index in [9.17, 15) is 10.1 Å². The number of hydrogen-bond acceptors (Lipinski definition) is 3. The fourth-order valence-electron chi connectivity index (χ4n) is 2.58. The Labute approximate surface area is 118 Å². The lowest BCUT2D eigenvalue weighted by Gasteiger charge is -2.35. The zero-order chi connectivity index (χ0) is 14.0. The van der Waals surface area contributed by atoms with Crippen molar-refractivity contribution in [3.05, 3.63) is 33.3 Å². The van der Waals surface area contributed by atoms with E-state index in [-0.39, 0.29) is 10.7 Å². The van der Waals surface area contributed by atoms with E-state index in [1.54, 1.807) is 18.2 Å². The van der Waals surface area contributed by atoms with E-state index < -0.39 is 4.92 Å². The number of nitro benzene ring substituents is 1. The van der Waals surface area contributed by atoms with Gasteiger partial charge in [0.15, 0.2) is 0 Å². The molecule has 104 valence electrons. The summed E-state index contributed by atoms with van der Waals surface area (Å²) in [5, 5.41) is 14.5. The van der Waals surface area contributed by atoms with Gasteiger partial charge in [0.1, 0.15) is 10.7 Å². The minimum Gasteiger partial charge on any atom is -0.377 e. The van der Waals surface area contributed by atoms with Crippen LogP contribution in [-0.4, -0.2) is 11.0 Å². The molecule has 2 rings (SSSR count). The Kier molecular flexibility index (Phi) is 3.99. The van der Waals surface area contributed by atoms with Crippen LogP contribution in [0.25, 0.3) is 0 Å². The summed E-state index contributed by atoms with van der Waals surface area (Å²) in [4.78, 5) is 10.6. The van der Waals surface area contributed by atoms with Gasteiger partial charge < -0.3 is 5.32 Å². The van der Waals surface area contributed by atoms with Crippen molar-refractivity contribution in [1.82, 2.24) is 0 Å². The Morgan fingerprint density at radius 1 is 1.37 bits per heavy atom. The van der Waals surface area contributed by atoms with Gasteiger partial charge in [-0.1, -0.05) is 31.5 Å². The summed E-state index contributed by atoms with van der Waals surface area (Å²) in [6, 6.07) is 5.31. The maximum absolute atomic E-state index is 11.1. The van der Waals surface area contributed by atoms with E-state index in [2.05, 4.69) is 19.2 Å². The average molecular weight is 283 g/mol. The van der Waals surface area contributed by atoms with E-state index in [1.807, 2.05) is 0 Å². The third kappa shape index (κ3) is 3.38. The Morgan fingerprint density at radius 2 is 2.00 bits per heavy atom. The van der Waals surface area contributed by atoms with Crippen molar-refractivity contribution in [2.24, 2.45) is 5.41 Å². The van der Waals surface area contributed by atoms with Gasteiger partial charge in [-0.15, -0.1) is 0 Å².